The van der Waals surface area contributed by atoms with Crippen LogP contribution in [0.25, 0.3) is 11.4 Å². The zero-order valence-electron chi connectivity index (χ0n) is 14.8. The Bertz CT molecular complexity index is 1080. The van der Waals surface area contributed by atoms with Gasteiger partial charge in [0.15, 0.2) is 5.82 Å². The van der Waals surface area contributed by atoms with Crippen LogP contribution >= 0.6 is 0 Å². The van der Waals surface area contributed by atoms with Crippen LogP contribution in [0.1, 0.15) is 18.0 Å². The number of nitrogens with zero attached hydrogens (tertiary/aromatic N) is 3. The molecule has 1 atom stereocenters. The summed E-state index contributed by atoms with van der Waals surface area (Å²) in [6, 6.07) is 12.7. The topological polar surface area (TPSA) is 88.9 Å². The molecule has 0 aliphatic carbocycles. The fourth-order valence-electron chi connectivity index (χ4n) is 3.04. The van der Waals surface area contributed by atoms with Crippen molar-refractivity contribution in [3.05, 3.63) is 60.2 Å². The molecule has 2 amide bonds. The van der Waals surface area contributed by atoms with Gasteiger partial charge in [0.2, 0.25) is 11.9 Å². The van der Waals surface area contributed by atoms with E-state index >= 15 is 0 Å². The van der Waals surface area contributed by atoms with E-state index in [0.717, 1.165) is 17.7 Å². The third kappa shape index (κ3) is 3.68. The van der Waals surface area contributed by atoms with E-state index in [1.54, 1.807) is 12.1 Å². The van der Waals surface area contributed by atoms with E-state index < -0.39 is 29.6 Å². The lowest BCUT2D eigenvalue weighted by molar-refractivity contribution is -0.137. The van der Waals surface area contributed by atoms with Crippen molar-refractivity contribution in [3.63, 3.8) is 0 Å². The summed E-state index contributed by atoms with van der Waals surface area (Å²) in [6.45, 7) is 0. The number of amides is 2. The Balaban J connectivity index is 1.53. The van der Waals surface area contributed by atoms with Crippen LogP contribution in [0.3, 0.4) is 0 Å². The number of rotatable bonds is 4. The summed E-state index contributed by atoms with van der Waals surface area (Å²) in [5.41, 5.74) is -0.602. The van der Waals surface area contributed by atoms with Crippen molar-refractivity contribution < 1.29 is 22.8 Å². The van der Waals surface area contributed by atoms with Crippen molar-refractivity contribution in [1.82, 2.24) is 14.8 Å². The molecular formula is C19H14F3N5O2. The van der Waals surface area contributed by atoms with Crippen LogP contribution in [0.2, 0.25) is 0 Å². The fraction of sp³-hybridized carbons (Fsp3) is 0.158. The van der Waals surface area contributed by atoms with Crippen LogP contribution in [0.4, 0.5) is 24.8 Å². The molecular weight excluding hydrogens is 387 g/mol. The first kappa shape index (κ1) is 18.7. The largest absolute Gasteiger partial charge is 0.418 e. The summed E-state index contributed by atoms with van der Waals surface area (Å²) in [4.78, 5) is 28.8. The predicted octanol–water partition coefficient (Wildman–Crippen LogP) is 3.49. The summed E-state index contributed by atoms with van der Waals surface area (Å²) in [6.07, 6.45) is -5.00. The van der Waals surface area contributed by atoms with E-state index in [1.807, 2.05) is 18.2 Å². The van der Waals surface area contributed by atoms with Gasteiger partial charge in [-0.1, -0.05) is 42.5 Å². The van der Waals surface area contributed by atoms with Crippen LogP contribution < -0.4 is 10.6 Å². The van der Waals surface area contributed by atoms with Crippen LogP contribution in [-0.2, 0) is 15.8 Å². The Kier molecular flexibility index (Phi) is 4.53. The van der Waals surface area contributed by atoms with Crippen LogP contribution in [0.5, 0.6) is 0 Å². The fourth-order valence-corrected chi connectivity index (χ4v) is 3.04. The van der Waals surface area contributed by atoms with E-state index in [1.165, 1.54) is 16.8 Å². The molecule has 148 valence electrons. The minimum absolute atomic E-state index is 0.183. The molecule has 10 heteroatoms. The summed E-state index contributed by atoms with van der Waals surface area (Å²) in [5, 5.41) is 9.04. The lowest BCUT2D eigenvalue weighted by atomic mass is 10.1. The van der Waals surface area contributed by atoms with Crippen molar-refractivity contribution in [2.45, 2.75) is 18.6 Å². The highest BCUT2D eigenvalue weighted by Gasteiger charge is 2.37. The molecule has 2 aromatic carbocycles. The molecule has 0 fully saturated rings. The quantitative estimate of drug-likeness (QED) is 0.701. The maximum absolute atomic E-state index is 13.1. The van der Waals surface area contributed by atoms with Gasteiger partial charge in [-0.05, 0) is 12.1 Å². The van der Waals surface area contributed by atoms with Crippen LogP contribution in [0, 0.1) is 0 Å². The zero-order valence-corrected chi connectivity index (χ0v) is 14.8. The Morgan fingerprint density at radius 3 is 2.52 bits per heavy atom. The van der Waals surface area contributed by atoms with Gasteiger partial charge in [-0.15, -0.1) is 5.10 Å². The number of anilines is 2. The summed E-state index contributed by atoms with van der Waals surface area (Å²) in [5.74, 6) is -0.693. The minimum atomic E-state index is -4.61. The molecule has 29 heavy (non-hydrogen) atoms. The molecule has 0 spiro atoms. The average molecular weight is 401 g/mol. The maximum atomic E-state index is 13.1. The van der Waals surface area contributed by atoms with Gasteiger partial charge in [-0.3, -0.25) is 14.9 Å². The van der Waals surface area contributed by atoms with Crippen LogP contribution in [0.15, 0.2) is 54.6 Å². The number of carbonyl (C=O) groups excluding carboxylic acids is 2. The predicted molar refractivity (Wildman–Crippen MR) is 97.8 cm³/mol. The first-order chi connectivity index (χ1) is 13.8. The normalized spacial score (nSPS) is 15.7. The molecule has 0 bridgehead atoms. The second kappa shape index (κ2) is 7.04. The number of hydrogen-bond donors (Lipinski definition) is 2. The maximum Gasteiger partial charge on any atom is 0.418 e. The van der Waals surface area contributed by atoms with Gasteiger partial charge in [-0.2, -0.15) is 18.2 Å². The molecule has 0 unspecified atom stereocenters. The number of aromatic nitrogens is 3. The lowest BCUT2D eigenvalue weighted by Gasteiger charge is -2.14. The minimum Gasteiger partial charge on any atom is -0.325 e. The first-order valence-electron chi connectivity index (χ1n) is 8.62. The Hall–Kier alpha value is -3.69. The molecule has 1 aromatic heterocycles. The summed E-state index contributed by atoms with van der Waals surface area (Å²) in [7, 11) is 0. The van der Waals surface area contributed by atoms with E-state index in [4.69, 9.17) is 0 Å². The molecule has 2 heterocycles. The number of alkyl halides is 3. The highest BCUT2D eigenvalue weighted by Crippen LogP contribution is 2.35. The van der Waals surface area contributed by atoms with E-state index in [-0.39, 0.29) is 18.1 Å². The standard InChI is InChI=1S/C19H14F3N5O2/c20-19(21,22)12-8-4-5-9-13(12)23-15(28)10-14-17(29)25-18-24-16(26-27(14)18)11-6-2-1-3-7-11/h1-9,14H,10H2,(H,23,28)(H,24,25,26,29)/t14-/m0/s1. The van der Waals surface area contributed by atoms with Gasteiger partial charge in [0.25, 0.3) is 5.91 Å². The Morgan fingerprint density at radius 1 is 1.10 bits per heavy atom. The first-order valence-corrected chi connectivity index (χ1v) is 8.62. The van der Waals surface area contributed by atoms with E-state index in [0.29, 0.717) is 5.82 Å². The molecule has 3 aromatic rings. The van der Waals surface area contributed by atoms with Crippen molar-refractivity contribution in [2.75, 3.05) is 10.6 Å². The lowest BCUT2D eigenvalue weighted by Crippen LogP contribution is -2.24. The molecule has 7 nitrogen and oxygen atoms in total. The molecule has 1 aliphatic heterocycles. The van der Waals surface area contributed by atoms with Crippen LogP contribution in [-0.4, -0.2) is 26.6 Å². The zero-order chi connectivity index (χ0) is 20.6. The summed E-state index contributed by atoms with van der Waals surface area (Å²) < 4.78 is 40.5. The third-order valence-electron chi connectivity index (χ3n) is 4.38. The van der Waals surface area contributed by atoms with Gasteiger partial charge in [0, 0.05) is 5.56 Å². The van der Waals surface area contributed by atoms with Crippen molar-refractivity contribution in [1.29, 1.82) is 0 Å². The van der Waals surface area contributed by atoms with Gasteiger partial charge in [-0.25, -0.2) is 4.68 Å². The highest BCUT2D eigenvalue weighted by molar-refractivity contribution is 6.01. The Morgan fingerprint density at radius 2 is 1.79 bits per heavy atom. The average Bonchev–Trinajstić information content (AvgIpc) is 3.21. The van der Waals surface area contributed by atoms with Gasteiger partial charge in [0.1, 0.15) is 6.04 Å². The molecule has 2 N–H and O–H groups in total. The number of hydrogen-bond acceptors (Lipinski definition) is 4. The number of halogens is 3. The van der Waals surface area contributed by atoms with Gasteiger partial charge >= 0.3 is 6.18 Å². The highest BCUT2D eigenvalue weighted by atomic mass is 19.4. The molecule has 4 rings (SSSR count). The molecule has 1 aliphatic rings. The smallest absolute Gasteiger partial charge is 0.325 e. The second-order valence-corrected chi connectivity index (χ2v) is 6.37. The van der Waals surface area contributed by atoms with Gasteiger partial charge < -0.3 is 5.32 Å². The van der Waals surface area contributed by atoms with E-state index in [2.05, 4.69) is 20.7 Å². The summed E-state index contributed by atoms with van der Waals surface area (Å²) >= 11 is 0. The Labute approximate surface area is 162 Å². The third-order valence-corrected chi connectivity index (χ3v) is 4.38. The molecule has 0 radical (unpaired) electrons. The number of benzene rings is 2. The van der Waals surface area contributed by atoms with Crippen molar-refractivity contribution in [3.8, 4) is 11.4 Å². The van der Waals surface area contributed by atoms with Crippen molar-refractivity contribution >= 4 is 23.5 Å². The number of nitrogens with one attached hydrogen (secondary N) is 2. The molecule has 0 saturated heterocycles. The van der Waals surface area contributed by atoms with Crippen molar-refractivity contribution in [2.24, 2.45) is 0 Å². The number of carbonyl (C=O) groups is 2. The molecule has 0 saturated carbocycles. The van der Waals surface area contributed by atoms with Gasteiger partial charge in [0.05, 0.1) is 17.7 Å². The second-order valence-electron chi connectivity index (χ2n) is 6.37. The SMILES string of the molecule is O=C(C[C@H]1C(=O)Nc2nc(-c3ccccc3)nn21)Nc1ccccc1C(F)(F)F. The number of para-hydroxylation sites is 1. The number of fused-ring (bicyclic) bond motifs is 1. The van der Waals surface area contributed by atoms with E-state index in [9.17, 15) is 22.8 Å². The monoisotopic (exact) mass is 401 g/mol.